The number of thioether (sulfide) groups is 1. The van der Waals surface area contributed by atoms with Gasteiger partial charge in [0.15, 0.2) is 5.17 Å². The molecule has 0 bridgehead atoms. The van der Waals surface area contributed by atoms with Crippen LogP contribution in [0.1, 0.15) is 44.9 Å². The standard InChI is InChI=1S/C20H27N3O3S/c1-23(15-9-11-16(26-2)12-10-15)18(24)13-17-19(25)22-20(27-17)21-14-7-5-3-4-6-8-14/h9-12,14,17H,3-8,13H2,1-2H3,(H,21,22,25). The maximum absolute atomic E-state index is 12.6. The first-order valence-electron chi connectivity index (χ1n) is 9.53. The molecule has 1 saturated carbocycles. The van der Waals surface area contributed by atoms with Crippen molar-refractivity contribution in [1.82, 2.24) is 5.32 Å². The number of anilines is 1. The number of aliphatic imine (C=N–C) groups is 1. The van der Waals surface area contributed by atoms with Crippen molar-refractivity contribution in [3.8, 4) is 5.75 Å². The average Bonchev–Trinajstić information content (AvgIpc) is 2.86. The molecule has 0 radical (unpaired) electrons. The Kier molecular flexibility index (Phi) is 6.77. The number of nitrogens with zero attached hydrogens (tertiary/aromatic N) is 2. The zero-order valence-electron chi connectivity index (χ0n) is 15.9. The molecule has 1 aliphatic carbocycles. The Morgan fingerprint density at radius 3 is 2.52 bits per heavy atom. The third-order valence-electron chi connectivity index (χ3n) is 5.09. The van der Waals surface area contributed by atoms with Crippen LogP contribution in [0.4, 0.5) is 5.69 Å². The summed E-state index contributed by atoms with van der Waals surface area (Å²) in [5.41, 5.74) is 0.775. The highest BCUT2D eigenvalue weighted by atomic mass is 32.2. The number of hydrogen-bond acceptors (Lipinski definition) is 5. The van der Waals surface area contributed by atoms with Gasteiger partial charge in [0.25, 0.3) is 0 Å². The third-order valence-corrected chi connectivity index (χ3v) is 6.19. The first-order valence-corrected chi connectivity index (χ1v) is 10.4. The summed E-state index contributed by atoms with van der Waals surface area (Å²) in [5.74, 6) is 0.525. The molecule has 2 aliphatic rings. The summed E-state index contributed by atoms with van der Waals surface area (Å²) in [5, 5.41) is 3.12. The first kappa shape index (κ1) is 19.7. The minimum Gasteiger partial charge on any atom is -0.497 e. The van der Waals surface area contributed by atoms with Crippen molar-refractivity contribution in [2.24, 2.45) is 4.99 Å². The SMILES string of the molecule is COc1ccc(N(C)C(=O)CC2SC(=NC3CCCCCC3)NC2=O)cc1. The van der Waals surface area contributed by atoms with Crippen molar-refractivity contribution in [2.75, 3.05) is 19.1 Å². The molecule has 146 valence electrons. The summed E-state index contributed by atoms with van der Waals surface area (Å²) < 4.78 is 5.14. The lowest BCUT2D eigenvalue weighted by molar-refractivity contribution is -0.123. The smallest absolute Gasteiger partial charge is 0.240 e. The fraction of sp³-hybridized carbons (Fsp3) is 0.550. The second-order valence-corrected chi connectivity index (χ2v) is 8.22. The van der Waals surface area contributed by atoms with Crippen molar-refractivity contribution in [1.29, 1.82) is 0 Å². The van der Waals surface area contributed by atoms with Crippen LogP contribution in [0.25, 0.3) is 0 Å². The topological polar surface area (TPSA) is 71.0 Å². The van der Waals surface area contributed by atoms with Crippen molar-refractivity contribution in [2.45, 2.75) is 56.2 Å². The Hall–Kier alpha value is -2.02. The second kappa shape index (κ2) is 9.26. The molecule has 2 fully saturated rings. The normalized spacial score (nSPS) is 22.4. The number of ether oxygens (including phenoxy) is 1. The van der Waals surface area contributed by atoms with Gasteiger partial charge in [0, 0.05) is 19.2 Å². The number of carbonyl (C=O) groups is 2. The molecule has 0 spiro atoms. The average molecular weight is 390 g/mol. The maximum Gasteiger partial charge on any atom is 0.240 e. The quantitative estimate of drug-likeness (QED) is 0.784. The van der Waals surface area contributed by atoms with E-state index in [0.717, 1.165) is 24.3 Å². The lowest BCUT2D eigenvalue weighted by Crippen LogP contribution is -2.32. The van der Waals surface area contributed by atoms with Gasteiger partial charge >= 0.3 is 0 Å². The molecular formula is C20H27N3O3S. The van der Waals surface area contributed by atoms with Crippen molar-refractivity contribution in [3.63, 3.8) is 0 Å². The van der Waals surface area contributed by atoms with E-state index >= 15 is 0 Å². The Morgan fingerprint density at radius 2 is 1.89 bits per heavy atom. The van der Waals surface area contributed by atoms with Crippen LogP contribution in [-0.2, 0) is 9.59 Å². The van der Waals surface area contributed by atoms with Crippen LogP contribution < -0.4 is 15.0 Å². The molecule has 1 aromatic carbocycles. The van der Waals surface area contributed by atoms with Gasteiger partial charge in [-0.25, -0.2) is 0 Å². The molecule has 1 atom stereocenters. The van der Waals surface area contributed by atoms with E-state index < -0.39 is 5.25 Å². The predicted octanol–water partition coefficient (Wildman–Crippen LogP) is 3.36. The maximum atomic E-state index is 12.6. The molecule has 27 heavy (non-hydrogen) atoms. The van der Waals surface area contributed by atoms with E-state index in [-0.39, 0.29) is 18.2 Å². The second-order valence-electron chi connectivity index (χ2n) is 7.03. The Morgan fingerprint density at radius 1 is 1.22 bits per heavy atom. The van der Waals surface area contributed by atoms with Gasteiger partial charge in [0.2, 0.25) is 11.8 Å². The summed E-state index contributed by atoms with van der Waals surface area (Å²) in [6.07, 6.45) is 7.28. The van der Waals surface area contributed by atoms with Crippen LogP contribution in [0.15, 0.2) is 29.3 Å². The van der Waals surface area contributed by atoms with Crippen LogP contribution in [0.3, 0.4) is 0 Å². The molecule has 1 aliphatic heterocycles. The molecule has 0 aromatic heterocycles. The van der Waals surface area contributed by atoms with E-state index in [0.29, 0.717) is 11.2 Å². The van der Waals surface area contributed by atoms with Gasteiger partial charge in [-0.1, -0.05) is 37.4 Å². The van der Waals surface area contributed by atoms with Crippen LogP contribution >= 0.6 is 11.8 Å². The molecule has 1 aromatic rings. The van der Waals surface area contributed by atoms with Gasteiger partial charge in [-0.15, -0.1) is 0 Å². The van der Waals surface area contributed by atoms with Gasteiger partial charge in [-0.2, -0.15) is 0 Å². The fourth-order valence-corrected chi connectivity index (χ4v) is 4.43. The van der Waals surface area contributed by atoms with E-state index in [2.05, 4.69) is 5.32 Å². The van der Waals surface area contributed by atoms with Crippen molar-refractivity contribution < 1.29 is 14.3 Å². The van der Waals surface area contributed by atoms with Gasteiger partial charge in [0.1, 0.15) is 11.0 Å². The van der Waals surface area contributed by atoms with Crippen LogP contribution in [0.2, 0.25) is 0 Å². The molecule has 1 N–H and O–H groups in total. The van der Waals surface area contributed by atoms with E-state index in [9.17, 15) is 9.59 Å². The molecule has 7 heteroatoms. The number of hydrogen-bond donors (Lipinski definition) is 1. The first-order chi connectivity index (χ1) is 13.1. The van der Waals surface area contributed by atoms with Gasteiger partial charge in [-0.3, -0.25) is 14.6 Å². The highest BCUT2D eigenvalue weighted by Gasteiger charge is 2.33. The van der Waals surface area contributed by atoms with E-state index in [4.69, 9.17) is 9.73 Å². The number of amidine groups is 1. The van der Waals surface area contributed by atoms with Crippen molar-refractivity contribution in [3.05, 3.63) is 24.3 Å². The lowest BCUT2D eigenvalue weighted by Gasteiger charge is -2.18. The largest absolute Gasteiger partial charge is 0.497 e. The van der Waals surface area contributed by atoms with Crippen molar-refractivity contribution >= 4 is 34.4 Å². The summed E-state index contributed by atoms with van der Waals surface area (Å²) in [4.78, 5) is 31.2. The Bertz CT molecular complexity index is 697. The summed E-state index contributed by atoms with van der Waals surface area (Å²) in [6.45, 7) is 0. The summed E-state index contributed by atoms with van der Waals surface area (Å²) >= 11 is 1.39. The predicted molar refractivity (Wildman–Crippen MR) is 109 cm³/mol. The zero-order chi connectivity index (χ0) is 19.2. The Balaban J connectivity index is 1.57. The third kappa shape index (κ3) is 5.25. The number of carbonyl (C=O) groups excluding carboxylic acids is 2. The molecule has 6 nitrogen and oxygen atoms in total. The molecule has 2 amide bonds. The number of amides is 2. The molecule has 1 heterocycles. The number of methoxy groups -OCH3 is 1. The lowest BCUT2D eigenvalue weighted by atomic mass is 10.1. The van der Waals surface area contributed by atoms with Gasteiger partial charge in [-0.05, 0) is 37.1 Å². The number of rotatable bonds is 5. The minimum atomic E-state index is -0.414. The van der Waals surface area contributed by atoms with Crippen LogP contribution in [0.5, 0.6) is 5.75 Å². The van der Waals surface area contributed by atoms with Crippen LogP contribution in [-0.4, -0.2) is 42.4 Å². The summed E-state index contributed by atoms with van der Waals surface area (Å²) in [6, 6.07) is 7.59. The van der Waals surface area contributed by atoms with Crippen LogP contribution in [0, 0.1) is 0 Å². The number of benzene rings is 1. The highest BCUT2D eigenvalue weighted by molar-refractivity contribution is 8.15. The molecule has 1 unspecified atom stereocenters. The summed E-state index contributed by atoms with van der Waals surface area (Å²) in [7, 11) is 3.33. The van der Waals surface area contributed by atoms with E-state index in [1.54, 1.807) is 19.1 Å². The number of nitrogens with one attached hydrogen (secondary N) is 1. The molecular weight excluding hydrogens is 362 g/mol. The van der Waals surface area contributed by atoms with E-state index in [1.807, 2.05) is 24.3 Å². The zero-order valence-corrected chi connectivity index (χ0v) is 16.8. The van der Waals surface area contributed by atoms with Gasteiger partial charge < -0.3 is 15.0 Å². The highest BCUT2D eigenvalue weighted by Crippen LogP contribution is 2.27. The minimum absolute atomic E-state index is 0.0940. The van der Waals surface area contributed by atoms with E-state index in [1.165, 1.54) is 37.4 Å². The molecule has 1 saturated heterocycles. The Labute approximate surface area is 164 Å². The monoisotopic (exact) mass is 389 g/mol. The molecule has 3 rings (SSSR count). The van der Waals surface area contributed by atoms with Gasteiger partial charge in [0.05, 0.1) is 13.2 Å². The fourth-order valence-electron chi connectivity index (χ4n) is 3.40.